The van der Waals surface area contributed by atoms with E-state index >= 15 is 0 Å². The smallest absolute Gasteiger partial charge is 0.257 e. The van der Waals surface area contributed by atoms with Gasteiger partial charge in [0.2, 0.25) is 5.91 Å². The molecule has 0 fully saturated rings. The molecule has 2 heterocycles. The number of phenols is 1. The number of rotatable bonds is 5. The fourth-order valence-electron chi connectivity index (χ4n) is 3.55. The summed E-state index contributed by atoms with van der Waals surface area (Å²) in [6, 6.07) is 12.9. The third kappa shape index (κ3) is 3.91. The molecule has 3 aromatic rings. The maximum Gasteiger partial charge on any atom is 0.257 e. The van der Waals surface area contributed by atoms with Crippen LogP contribution in [0.3, 0.4) is 0 Å². The topological polar surface area (TPSA) is 104 Å². The first kappa shape index (κ1) is 20.0. The highest BCUT2D eigenvalue weighted by atomic mass is 32.2. The minimum Gasteiger partial charge on any atom is -0.504 e. The molecule has 1 aromatic heterocycles. The number of aromatic nitrogens is 2. The number of aryl methyl sites for hydroxylation is 1. The molecule has 1 atom stereocenters. The zero-order valence-electron chi connectivity index (χ0n) is 16.6. The number of aromatic amines is 1. The van der Waals surface area contributed by atoms with Gasteiger partial charge in [-0.25, -0.2) is 4.98 Å². The zero-order chi connectivity index (χ0) is 21.3. The highest BCUT2D eigenvalue weighted by Crippen LogP contribution is 2.38. The van der Waals surface area contributed by atoms with Gasteiger partial charge in [0.05, 0.1) is 12.7 Å². The van der Waals surface area contributed by atoms with E-state index in [-0.39, 0.29) is 29.5 Å². The normalized spacial score (nSPS) is 15.4. The number of phenolic OH excluding ortho intramolecular Hbond substituents is 1. The summed E-state index contributed by atoms with van der Waals surface area (Å²) in [5.74, 6) is 0.472. The molecule has 3 N–H and O–H groups in total. The van der Waals surface area contributed by atoms with Gasteiger partial charge in [-0.15, -0.1) is 0 Å². The van der Waals surface area contributed by atoms with Crippen LogP contribution < -0.4 is 15.6 Å². The number of nitrogens with one attached hydrogen (secondary N) is 2. The van der Waals surface area contributed by atoms with Gasteiger partial charge in [0.1, 0.15) is 5.82 Å². The fraction of sp³-hybridized carbons (Fsp3) is 0.227. The van der Waals surface area contributed by atoms with E-state index in [4.69, 9.17) is 4.74 Å². The van der Waals surface area contributed by atoms with Gasteiger partial charge in [-0.1, -0.05) is 42.1 Å². The molecule has 0 radical (unpaired) electrons. The summed E-state index contributed by atoms with van der Waals surface area (Å²) in [7, 11) is 1.46. The molecule has 1 amide bonds. The molecule has 0 saturated carbocycles. The molecule has 8 heteroatoms. The van der Waals surface area contributed by atoms with Crippen LogP contribution in [-0.4, -0.2) is 28.1 Å². The van der Waals surface area contributed by atoms with Crippen LogP contribution in [0.1, 0.15) is 34.6 Å². The molecule has 1 aliphatic heterocycles. The maximum atomic E-state index is 12.9. The molecule has 0 aliphatic carbocycles. The highest BCUT2D eigenvalue weighted by molar-refractivity contribution is 7.98. The van der Waals surface area contributed by atoms with Crippen molar-refractivity contribution in [2.24, 2.45) is 0 Å². The van der Waals surface area contributed by atoms with Crippen molar-refractivity contribution in [3.05, 3.63) is 75.1 Å². The number of H-pyrrole nitrogens is 1. The van der Waals surface area contributed by atoms with Gasteiger partial charge in [-0.05, 0) is 35.7 Å². The van der Waals surface area contributed by atoms with Crippen LogP contribution in [0.25, 0.3) is 0 Å². The van der Waals surface area contributed by atoms with E-state index in [1.165, 1.54) is 24.9 Å². The van der Waals surface area contributed by atoms with Crippen molar-refractivity contribution in [2.75, 3.05) is 12.4 Å². The molecular weight excluding hydrogens is 402 g/mol. The van der Waals surface area contributed by atoms with E-state index in [1.54, 1.807) is 12.1 Å². The molecular formula is C22H21N3O4S. The lowest BCUT2D eigenvalue weighted by Crippen LogP contribution is -2.31. The van der Waals surface area contributed by atoms with Crippen molar-refractivity contribution in [2.45, 2.75) is 30.2 Å². The maximum absolute atomic E-state index is 12.9. The van der Waals surface area contributed by atoms with Gasteiger partial charge in [0.25, 0.3) is 5.56 Å². The van der Waals surface area contributed by atoms with E-state index in [2.05, 4.69) is 15.3 Å². The number of methoxy groups -OCH3 is 1. The minimum atomic E-state index is -0.503. The van der Waals surface area contributed by atoms with E-state index in [0.29, 0.717) is 27.8 Å². The summed E-state index contributed by atoms with van der Waals surface area (Å²) in [6.07, 6.45) is 0.0965. The van der Waals surface area contributed by atoms with Crippen molar-refractivity contribution < 1.29 is 14.6 Å². The van der Waals surface area contributed by atoms with Crippen LogP contribution in [0, 0.1) is 6.92 Å². The third-order valence-electron chi connectivity index (χ3n) is 5.16. The van der Waals surface area contributed by atoms with Gasteiger partial charge in [0.15, 0.2) is 16.7 Å². The quantitative estimate of drug-likeness (QED) is 0.428. The molecule has 1 unspecified atom stereocenters. The van der Waals surface area contributed by atoms with Gasteiger partial charge < -0.3 is 20.1 Å². The Morgan fingerprint density at radius 2 is 2.03 bits per heavy atom. The standard InChI is InChI=1S/C22H21N3O4S/c1-12-5-3-4-6-14(12)11-30-22-24-20-19(21(28)25-22)15(10-18(27)23-20)13-7-8-17(29-2)16(26)9-13/h3-9,15,26H,10-11H2,1-2H3,(H2,23,24,25,27,28). The predicted octanol–water partition coefficient (Wildman–Crippen LogP) is 3.56. The molecule has 0 bridgehead atoms. The molecule has 7 nitrogen and oxygen atoms in total. The Bertz CT molecular complexity index is 1180. The number of aromatic hydroxyl groups is 1. The number of anilines is 1. The third-order valence-corrected chi connectivity index (χ3v) is 6.08. The number of amides is 1. The first-order valence-electron chi connectivity index (χ1n) is 9.44. The molecule has 0 spiro atoms. The summed E-state index contributed by atoms with van der Waals surface area (Å²) in [6.45, 7) is 2.04. The summed E-state index contributed by atoms with van der Waals surface area (Å²) in [4.78, 5) is 32.5. The number of benzene rings is 2. The van der Waals surface area contributed by atoms with Crippen LogP contribution in [0.2, 0.25) is 0 Å². The van der Waals surface area contributed by atoms with E-state index < -0.39 is 5.92 Å². The number of carbonyl (C=O) groups excluding carboxylic acids is 1. The molecule has 1 aliphatic rings. The van der Waals surface area contributed by atoms with Crippen molar-refractivity contribution in [3.63, 3.8) is 0 Å². The van der Waals surface area contributed by atoms with E-state index in [9.17, 15) is 14.7 Å². The van der Waals surface area contributed by atoms with Crippen LogP contribution in [0.4, 0.5) is 5.82 Å². The van der Waals surface area contributed by atoms with Crippen LogP contribution in [-0.2, 0) is 10.5 Å². The van der Waals surface area contributed by atoms with Crippen LogP contribution in [0.15, 0.2) is 52.4 Å². The lowest BCUT2D eigenvalue weighted by Gasteiger charge is -2.24. The molecule has 30 heavy (non-hydrogen) atoms. The first-order valence-corrected chi connectivity index (χ1v) is 10.4. The molecule has 2 aromatic carbocycles. The Balaban J connectivity index is 1.67. The number of hydrogen-bond donors (Lipinski definition) is 3. The number of carbonyl (C=O) groups is 1. The van der Waals surface area contributed by atoms with E-state index in [0.717, 1.165) is 11.1 Å². The Kier molecular flexibility index (Phi) is 5.50. The summed E-state index contributed by atoms with van der Waals surface area (Å²) >= 11 is 1.41. The number of thioether (sulfide) groups is 1. The highest BCUT2D eigenvalue weighted by Gasteiger charge is 2.31. The van der Waals surface area contributed by atoms with Crippen LogP contribution in [0.5, 0.6) is 11.5 Å². The number of ether oxygens (including phenoxy) is 1. The summed E-state index contributed by atoms with van der Waals surface area (Å²) in [5, 5.41) is 13.3. The molecule has 154 valence electrons. The van der Waals surface area contributed by atoms with Crippen LogP contribution >= 0.6 is 11.8 Å². The summed E-state index contributed by atoms with van der Waals surface area (Å²) < 4.78 is 5.08. The SMILES string of the molecule is COc1ccc(C2CC(=O)Nc3nc(SCc4ccccc4C)[nH]c(=O)c32)cc1O. The second-order valence-corrected chi connectivity index (χ2v) is 8.05. The number of hydrogen-bond acceptors (Lipinski definition) is 6. The van der Waals surface area contributed by atoms with Crippen molar-refractivity contribution >= 4 is 23.5 Å². The minimum absolute atomic E-state index is 0.0441. The monoisotopic (exact) mass is 423 g/mol. The van der Waals surface area contributed by atoms with Gasteiger partial charge in [0, 0.05) is 18.1 Å². The lowest BCUT2D eigenvalue weighted by molar-refractivity contribution is -0.116. The second kappa shape index (κ2) is 8.23. The average molecular weight is 423 g/mol. The molecule has 4 rings (SSSR count). The van der Waals surface area contributed by atoms with Gasteiger partial charge >= 0.3 is 0 Å². The van der Waals surface area contributed by atoms with Gasteiger partial charge in [-0.2, -0.15) is 0 Å². The zero-order valence-corrected chi connectivity index (χ0v) is 17.4. The number of fused-ring (bicyclic) bond motifs is 1. The summed E-state index contributed by atoms with van der Waals surface area (Å²) in [5.41, 5.74) is 3.06. The molecule has 0 saturated heterocycles. The Morgan fingerprint density at radius 1 is 1.23 bits per heavy atom. The Labute approximate surface area is 177 Å². The Morgan fingerprint density at radius 3 is 2.77 bits per heavy atom. The second-order valence-electron chi connectivity index (χ2n) is 7.08. The Hall–Kier alpha value is -3.26. The van der Waals surface area contributed by atoms with Gasteiger partial charge in [-0.3, -0.25) is 9.59 Å². The predicted molar refractivity (Wildman–Crippen MR) is 115 cm³/mol. The fourth-order valence-corrected chi connectivity index (χ4v) is 4.48. The average Bonchev–Trinajstić information content (AvgIpc) is 2.72. The lowest BCUT2D eigenvalue weighted by atomic mass is 9.86. The van der Waals surface area contributed by atoms with Crippen molar-refractivity contribution in [3.8, 4) is 11.5 Å². The number of nitrogens with zero attached hydrogens (tertiary/aromatic N) is 1. The first-order chi connectivity index (χ1) is 14.5. The van der Waals surface area contributed by atoms with E-state index in [1.807, 2.05) is 31.2 Å². The van der Waals surface area contributed by atoms with Crippen molar-refractivity contribution in [1.82, 2.24) is 9.97 Å². The largest absolute Gasteiger partial charge is 0.504 e. The van der Waals surface area contributed by atoms with Crippen molar-refractivity contribution in [1.29, 1.82) is 0 Å².